The van der Waals surface area contributed by atoms with Gasteiger partial charge in [0.1, 0.15) is 0 Å². The van der Waals surface area contributed by atoms with E-state index in [0.29, 0.717) is 0 Å². The molecule has 0 aliphatic carbocycles. The number of hydrogen-bond donors (Lipinski definition) is 0. The third-order valence-electron chi connectivity index (χ3n) is 5.05. The van der Waals surface area contributed by atoms with Crippen LogP contribution in [-0.4, -0.2) is 0 Å². The second kappa shape index (κ2) is 8.30. The van der Waals surface area contributed by atoms with Crippen molar-refractivity contribution < 1.29 is 0 Å². The first kappa shape index (κ1) is 17.0. The van der Waals surface area contributed by atoms with Crippen LogP contribution in [0.3, 0.4) is 0 Å². The van der Waals surface area contributed by atoms with E-state index < -0.39 is 0 Å². The van der Waals surface area contributed by atoms with Gasteiger partial charge in [-0.15, -0.1) is 11.3 Å². The van der Waals surface area contributed by atoms with Gasteiger partial charge in [-0.05, 0) is 52.8 Å². The minimum Gasteiger partial charge on any atom is -0.149 e. The van der Waals surface area contributed by atoms with Gasteiger partial charge < -0.3 is 0 Å². The summed E-state index contributed by atoms with van der Waals surface area (Å²) >= 11 is 1.89. The maximum absolute atomic E-state index is 2.40. The van der Waals surface area contributed by atoms with E-state index in [2.05, 4.69) is 86.0 Å². The summed E-state index contributed by atoms with van der Waals surface area (Å²) < 4.78 is 0. The molecule has 0 radical (unpaired) electrons. The van der Waals surface area contributed by atoms with Gasteiger partial charge in [0.2, 0.25) is 0 Å². The molecule has 0 N–H and O–H groups in total. The van der Waals surface area contributed by atoms with Crippen LogP contribution in [0.2, 0.25) is 0 Å². The maximum Gasteiger partial charge on any atom is 0.00481 e. The average molecular weight is 335 g/mol. The van der Waals surface area contributed by atoms with Crippen molar-refractivity contribution in [2.24, 2.45) is 11.8 Å². The van der Waals surface area contributed by atoms with Crippen LogP contribution in [0.25, 0.3) is 11.1 Å². The summed E-state index contributed by atoms with van der Waals surface area (Å²) in [5.41, 5.74) is 4.05. The summed E-state index contributed by atoms with van der Waals surface area (Å²) in [4.78, 5) is 1.52. The van der Waals surface area contributed by atoms with Gasteiger partial charge in [-0.1, -0.05) is 80.9 Å². The monoisotopic (exact) mass is 334 g/mol. The molecule has 0 fully saturated rings. The summed E-state index contributed by atoms with van der Waals surface area (Å²) in [6, 6.07) is 24.2. The van der Waals surface area contributed by atoms with Crippen molar-refractivity contribution in [2.45, 2.75) is 33.1 Å². The lowest BCUT2D eigenvalue weighted by molar-refractivity contribution is 0.345. The Labute approximate surface area is 150 Å². The molecule has 1 aromatic heterocycles. The Morgan fingerprint density at radius 3 is 2.12 bits per heavy atom. The zero-order valence-electron chi connectivity index (χ0n) is 14.6. The largest absolute Gasteiger partial charge is 0.149 e. The van der Waals surface area contributed by atoms with Crippen LogP contribution in [-0.2, 0) is 12.8 Å². The zero-order chi connectivity index (χ0) is 16.8. The highest BCUT2D eigenvalue weighted by molar-refractivity contribution is 7.09. The molecule has 0 saturated heterocycles. The standard InChI is InChI=1S/C23H26S/c1-3-18(2)22(17-23-10-7-15-24-23)16-19-11-13-21(14-12-19)20-8-5-4-6-9-20/h4-15,18,22H,3,16-17H2,1-2H3. The molecule has 0 spiro atoms. The van der Waals surface area contributed by atoms with Crippen molar-refractivity contribution in [3.8, 4) is 11.1 Å². The van der Waals surface area contributed by atoms with Crippen LogP contribution in [0, 0.1) is 11.8 Å². The lowest BCUT2D eigenvalue weighted by Gasteiger charge is -2.23. The van der Waals surface area contributed by atoms with Crippen LogP contribution in [0.5, 0.6) is 0 Å². The SMILES string of the molecule is CCC(C)C(Cc1ccc(-c2ccccc2)cc1)Cc1cccs1. The normalized spacial score (nSPS) is 13.6. The highest BCUT2D eigenvalue weighted by Crippen LogP contribution is 2.27. The van der Waals surface area contributed by atoms with Gasteiger partial charge in [-0.25, -0.2) is 0 Å². The summed E-state index contributed by atoms with van der Waals surface area (Å²) in [7, 11) is 0. The fourth-order valence-electron chi connectivity index (χ4n) is 3.26. The van der Waals surface area contributed by atoms with Crippen molar-refractivity contribution in [1.82, 2.24) is 0 Å². The number of benzene rings is 2. The second-order valence-corrected chi connectivity index (χ2v) is 7.73. The molecule has 3 rings (SSSR count). The smallest absolute Gasteiger partial charge is 0.00481 e. The van der Waals surface area contributed by atoms with E-state index in [9.17, 15) is 0 Å². The molecule has 0 bridgehead atoms. The van der Waals surface area contributed by atoms with Crippen molar-refractivity contribution in [2.75, 3.05) is 0 Å². The lowest BCUT2D eigenvalue weighted by Crippen LogP contribution is -2.16. The lowest BCUT2D eigenvalue weighted by atomic mass is 9.83. The first-order chi connectivity index (χ1) is 11.8. The predicted molar refractivity (Wildman–Crippen MR) is 107 cm³/mol. The van der Waals surface area contributed by atoms with Crippen LogP contribution < -0.4 is 0 Å². The van der Waals surface area contributed by atoms with E-state index in [0.717, 1.165) is 11.8 Å². The van der Waals surface area contributed by atoms with E-state index in [4.69, 9.17) is 0 Å². The van der Waals surface area contributed by atoms with Crippen molar-refractivity contribution >= 4 is 11.3 Å². The van der Waals surface area contributed by atoms with E-state index >= 15 is 0 Å². The molecule has 3 aromatic rings. The van der Waals surface area contributed by atoms with Crippen molar-refractivity contribution in [1.29, 1.82) is 0 Å². The Kier molecular flexibility index (Phi) is 5.87. The Morgan fingerprint density at radius 1 is 0.792 bits per heavy atom. The number of thiophene rings is 1. The molecule has 2 atom stereocenters. The Morgan fingerprint density at radius 2 is 1.50 bits per heavy atom. The third kappa shape index (κ3) is 4.36. The molecule has 0 aliphatic heterocycles. The average Bonchev–Trinajstić information content (AvgIpc) is 3.15. The number of rotatable bonds is 7. The summed E-state index contributed by atoms with van der Waals surface area (Å²) in [6.45, 7) is 4.71. The van der Waals surface area contributed by atoms with Gasteiger partial charge in [0, 0.05) is 4.88 Å². The van der Waals surface area contributed by atoms with Crippen molar-refractivity contribution in [3.05, 3.63) is 82.6 Å². The van der Waals surface area contributed by atoms with Gasteiger partial charge in [-0.3, -0.25) is 0 Å². The summed E-state index contributed by atoms with van der Waals surface area (Å²) in [6.07, 6.45) is 3.62. The van der Waals surface area contributed by atoms with Crippen LogP contribution in [0.15, 0.2) is 72.1 Å². The van der Waals surface area contributed by atoms with E-state index in [-0.39, 0.29) is 0 Å². The maximum atomic E-state index is 2.40. The van der Waals surface area contributed by atoms with Gasteiger partial charge >= 0.3 is 0 Å². The zero-order valence-corrected chi connectivity index (χ0v) is 15.4. The summed E-state index contributed by atoms with van der Waals surface area (Å²) in [5.74, 6) is 1.47. The highest BCUT2D eigenvalue weighted by Gasteiger charge is 2.17. The fraction of sp³-hybridized carbons (Fsp3) is 0.304. The van der Waals surface area contributed by atoms with Crippen molar-refractivity contribution in [3.63, 3.8) is 0 Å². The molecule has 0 aliphatic rings. The van der Waals surface area contributed by atoms with E-state index in [1.54, 1.807) is 0 Å². The first-order valence-corrected chi connectivity index (χ1v) is 9.81. The van der Waals surface area contributed by atoms with Crippen LogP contribution in [0.4, 0.5) is 0 Å². The third-order valence-corrected chi connectivity index (χ3v) is 5.95. The number of hydrogen-bond acceptors (Lipinski definition) is 1. The van der Waals surface area contributed by atoms with Crippen LogP contribution in [0.1, 0.15) is 30.7 Å². The topological polar surface area (TPSA) is 0 Å². The van der Waals surface area contributed by atoms with E-state index in [1.165, 1.54) is 40.8 Å². The molecule has 0 nitrogen and oxygen atoms in total. The molecule has 24 heavy (non-hydrogen) atoms. The Bertz CT molecular complexity index is 710. The molecular formula is C23H26S. The quantitative estimate of drug-likeness (QED) is 0.442. The fourth-order valence-corrected chi connectivity index (χ4v) is 4.06. The Hall–Kier alpha value is -1.86. The first-order valence-electron chi connectivity index (χ1n) is 8.93. The molecule has 0 saturated carbocycles. The molecule has 2 unspecified atom stereocenters. The molecule has 1 heterocycles. The minimum atomic E-state index is 0.719. The van der Waals surface area contributed by atoms with E-state index in [1.807, 2.05) is 11.3 Å². The molecule has 124 valence electrons. The van der Waals surface area contributed by atoms with Crippen LogP contribution >= 0.6 is 11.3 Å². The predicted octanol–water partition coefficient (Wildman–Crippen LogP) is 6.86. The molecule has 2 aromatic carbocycles. The molecular weight excluding hydrogens is 308 g/mol. The summed E-state index contributed by atoms with van der Waals surface area (Å²) in [5, 5.41) is 2.19. The van der Waals surface area contributed by atoms with Gasteiger partial charge in [0.25, 0.3) is 0 Å². The Balaban J connectivity index is 1.72. The minimum absolute atomic E-state index is 0.719. The van der Waals surface area contributed by atoms with Gasteiger partial charge in [0.15, 0.2) is 0 Å². The van der Waals surface area contributed by atoms with Gasteiger partial charge in [0.05, 0.1) is 0 Å². The molecule has 0 amide bonds. The molecule has 1 heteroatoms. The van der Waals surface area contributed by atoms with Gasteiger partial charge in [-0.2, -0.15) is 0 Å². The highest BCUT2D eigenvalue weighted by atomic mass is 32.1. The second-order valence-electron chi connectivity index (χ2n) is 6.70.